The summed E-state index contributed by atoms with van der Waals surface area (Å²) in [5.74, 6) is -2.36. The Bertz CT molecular complexity index is 1230. The Morgan fingerprint density at radius 1 is 0.595 bits per heavy atom. The molecule has 8 rings (SSSR count). The molecule has 222 valence electrons. The molecule has 4 N–H and O–H groups in total. The summed E-state index contributed by atoms with van der Waals surface area (Å²) in [6, 6.07) is 12.0. The minimum absolute atomic E-state index is 0.0923. The van der Waals surface area contributed by atoms with E-state index in [0.29, 0.717) is 36.1 Å². The van der Waals surface area contributed by atoms with Crippen molar-refractivity contribution in [3.63, 3.8) is 0 Å². The number of carbonyl (C=O) groups is 4. The summed E-state index contributed by atoms with van der Waals surface area (Å²) < 4.78 is 0. The van der Waals surface area contributed by atoms with E-state index in [1.165, 1.54) is 0 Å². The number of piperidine rings is 6. The molecule has 2 aromatic carbocycles. The van der Waals surface area contributed by atoms with Gasteiger partial charge in [0.1, 0.15) is 12.1 Å². The second-order valence-corrected chi connectivity index (χ2v) is 12.3. The number of carbonyl (C=O) groups excluding carboxylic acids is 2. The second kappa shape index (κ2) is 11.9. The summed E-state index contributed by atoms with van der Waals surface area (Å²) in [4.78, 5) is 54.7. The second-order valence-electron chi connectivity index (χ2n) is 12.3. The van der Waals surface area contributed by atoms with Crippen LogP contribution in [0.2, 0.25) is 0 Å². The SMILES string of the molecule is O=C(N[C@@H](C(=O)O)[C@H]1CN2CCC1CC2)c1ccc(-c2ccc(C(=O)N[C@@H](C(=O)O)[C@H]3CN4CCC3CC4)cc2)cc1. The number of carboxylic acids is 2. The highest BCUT2D eigenvalue weighted by atomic mass is 16.4. The van der Waals surface area contributed by atoms with Gasteiger partial charge in [-0.15, -0.1) is 0 Å². The van der Waals surface area contributed by atoms with Gasteiger partial charge in [-0.3, -0.25) is 9.59 Å². The van der Waals surface area contributed by atoms with Gasteiger partial charge in [-0.2, -0.15) is 0 Å². The van der Waals surface area contributed by atoms with E-state index in [2.05, 4.69) is 20.4 Å². The van der Waals surface area contributed by atoms with E-state index >= 15 is 0 Å². The normalized spacial score (nSPS) is 29.3. The molecular formula is C32H38N4O6. The average Bonchev–Trinajstić information content (AvgIpc) is 3.03. The molecule has 6 fully saturated rings. The maximum atomic E-state index is 13.0. The van der Waals surface area contributed by atoms with Crippen LogP contribution in [0.15, 0.2) is 48.5 Å². The van der Waals surface area contributed by atoms with Crippen molar-refractivity contribution in [2.75, 3.05) is 39.3 Å². The number of carboxylic acid groups (broad SMARTS) is 2. The molecular weight excluding hydrogens is 536 g/mol. The van der Waals surface area contributed by atoms with Gasteiger partial charge in [0.15, 0.2) is 0 Å². The molecule has 10 heteroatoms. The maximum Gasteiger partial charge on any atom is 0.326 e. The summed E-state index contributed by atoms with van der Waals surface area (Å²) >= 11 is 0. The summed E-state index contributed by atoms with van der Waals surface area (Å²) in [5.41, 5.74) is 2.44. The number of rotatable bonds is 9. The quantitative estimate of drug-likeness (QED) is 0.358. The van der Waals surface area contributed by atoms with Crippen molar-refractivity contribution < 1.29 is 29.4 Å². The van der Waals surface area contributed by atoms with Gasteiger partial charge < -0.3 is 30.6 Å². The van der Waals surface area contributed by atoms with Gasteiger partial charge in [-0.25, -0.2) is 9.59 Å². The van der Waals surface area contributed by atoms with Gasteiger partial charge in [0, 0.05) is 36.1 Å². The molecule has 2 amide bonds. The van der Waals surface area contributed by atoms with Crippen molar-refractivity contribution in [3.05, 3.63) is 59.7 Å². The van der Waals surface area contributed by atoms with E-state index in [1.807, 2.05) is 0 Å². The Morgan fingerprint density at radius 3 is 1.19 bits per heavy atom. The summed E-state index contributed by atoms with van der Waals surface area (Å²) in [7, 11) is 0. The van der Waals surface area contributed by atoms with E-state index in [-0.39, 0.29) is 11.8 Å². The third kappa shape index (κ3) is 5.78. The molecule has 6 aliphatic heterocycles. The predicted octanol–water partition coefficient (Wildman–Crippen LogP) is 2.40. The van der Waals surface area contributed by atoms with Crippen molar-refractivity contribution >= 4 is 23.8 Å². The number of fused-ring (bicyclic) bond motifs is 6. The highest BCUT2D eigenvalue weighted by Crippen LogP contribution is 2.35. The molecule has 4 atom stereocenters. The molecule has 6 saturated heterocycles. The van der Waals surface area contributed by atoms with Crippen LogP contribution >= 0.6 is 0 Å². The van der Waals surface area contributed by atoms with Crippen molar-refractivity contribution in [2.24, 2.45) is 23.7 Å². The Labute approximate surface area is 245 Å². The Balaban J connectivity index is 1.08. The standard InChI is InChI=1S/C32H38N4O6/c37-29(33-27(31(39)40)25-17-35-13-9-21(25)10-14-35)23-5-1-19(2-6-23)20-3-7-24(8-4-20)30(38)34-28(32(41)42)26-18-36-15-11-22(26)12-16-36/h1-8,21-22,25-28H,9-18H2,(H,33,37)(H,34,38)(H,39,40)(H,41,42)/t25-,26-,27+,28+/m0/s1. The lowest BCUT2D eigenvalue weighted by atomic mass is 9.75. The molecule has 0 radical (unpaired) electrons. The highest BCUT2D eigenvalue weighted by Gasteiger charge is 2.43. The smallest absolute Gasteiger partial charge is 0.326 e. The number of amides is 2. The number of nitrogens with zero attached hydrogens (tertiary/aromatic N) is 2. The van der Waals surface area contributed by atoms with Crippen LogP contribution in [0.3, 0.4) is 0 Å². The molecule has 0 unspecified atom stereocenters. The number of nitrogens with one attached hydrogen (secondary N) is 2. The fourth-order valence-corrected chi connectivity index (χ4v) is 7.56. The summed E-state index contributed by atoms with van der Waals surface area (Å²) in [6.45, 7) is 5.39. The van der Waals surface area contributed by atoms with E-state index in [4.69, 9.17) is 0 Å². The van der Waals surface area contributed by atoms with Crippen LogP contribution in [-0.4, -0.2) is 95.1 Å². The van der Waals surface area contributed by atoms with Crippen LogP contribution < -0.4 is 10.6 Å². The molecule has 6 aliphatic rings. The van der Waals surface area contributed by atoms with Crippen molar-refractivity contribution in [3.8, 4) is 11.1 Å². The van der Waals surface area contributed by atoms with Gasteiger partial charge in [0.05, 0.1) is 0 Å². The molecule has 0 spiro atoms. The van der Waals surface area contributed by atoms with E-state index in [1.54, 1.807) is 48.5 Å². The summed E-state index contributed by atoms with van der Waals surface area (Å²) in [6.07, 6.45) is 3.89. The first kappa shape index (κ1) is 28.4. The molecule has 0 aliphatic carbocycles. The molecule has 4 bridgehead atoms. The van der Waals surface area contributed by atoms with Gasteiger partial charge in [0.25, 0.3) is 11.8 Å². The van der Waals surface area contributed by atoms with Gasteiger partial charge >= 0.3 is 11.9 Å². The van der Waals surface area contributed by atoms with E-state index in [9.17, 15) is 29.4 Å². The molecule has 0 saturated carbocycles. The van der Waals surface area contributed by atoms with Crippen molar-refractivity contribution in [1.82, 2.24) is 20.4 Å². The van der Waals surface area contributed by atoms with Crippen molar-refractivity contribution in [1.29, 1.82) is 0 Å². The first-order valence-corrected chi connectivity index (χ1v) is 15.0. The molecule has 2 aromatic rings. The lowest BCUT2D eigenvalue weighted by Crippen LogP contribution is -2.57. The number of hydrogen-bond donors (Lipinski definition) is 4. The summed E-state index contributed by atoms with van der Waals surface area (Å²) in [5, 5.41) is 25.3. The predicted molar refractivity (Wildman–Crippen MR) is 155 cm³/mol. The van der Waals surface area contributed by atoms with Crippen LogP contribution in [0.1, 0.15) is 46.4 Å². The topological polar surface area (TPSA) is 139 Å². The number of benzene rings is 2. The average molecular weight is 575 g/mol. The van der Waals surface area contributed by atoms with Gasteiger partial charge in [0.2, 0.25) is 0 Å². The van der Waals surface area contributed by atoms with Crippen LogP contribution in [0, 0.1) is 23.7 Å². The zero-order chi connectivity index (χ0) is 29.4. The van der Waals surface area contributed by atoms with Crippen LogP contribution in [0.4, 0.5) is 0 Å². The van der Waals surface area contributed by atoms with Gasteiger partial charge in [-0.05, 0) is 99.1 Å². The zero-order valence-corrected chi connectivity index (χ0v) is 23.6. The fraction of sp³-hybridized carbons (Fsp3) is 0.500. The lowest BCUT2D eigenvalue weighted by molar-refractivity contribution is -0.143. The molecule has 6 heterocycles. The van der Waals surface area contributed by atoms with Crippen LogP contribution in [0.25, 0.3) is 11.1 Å². The maximum absolute atomic E-state index is 13.0. The highest BCUT2D eigenvalue weighted by molar-refractivity contribution is 5.98. The van der Waals surface area contributed by atoms with Crippen LogP contribution in [0.5, 0.6) is 0 Å². The molecule has 42 heavy (non-hydrogen) atoms. The number of hydrogen-bond acceptors (Lipinski definition) is 6. The van der Waals surface area contributed by atoms with E-state index in [0.717, 1.165) is 63.0 Å². The minimum atomic E-state index is -0.999. The lowest BCUT2D eigenvalue weighted by Gasteiger charge is -2.46. The third-order valence-corrected chi connectivity index (χ3v) is 10.0. The first-order chi connectivity index (χ1) is 20.3. The Morgan fingerprint density at radius 2 is 0.929 bits per heavy atom. The number of aliphatic carboxylic acids is 2. The molecule has 0 aromatic heterocycles. The van der Waals surface area contributed by atoms with Gasteiger partial charge in [-0.1, -0.05) is 24.3 Å². The Kier molecular flexibility index (Phi) is 8.00. The van der Waals surface area contributed by atoms with E-state index < -0.39 is 35.8 Å². The van der Waals surface area contributed by atoms with Crippen molar-refractivity contribution in [2.45, 2.75) is 37.8 Å². The minimum Gasteiger partial charge on any atom is -0.480 e. The monoisotopic (exact) mass is 574 g/mol. The third-order valence-electron chi connectivity index (χ3n) is 10.0. The Hall–Kier alpha value is -3.76. The fourth-order valence-electron chi connectivity index (χ4n) is 7.56. The first-order valence-electron chi connectivity index (χ1n) is 15.0. The largest absolute Gasteiger partial charge is 0.480 e. The van der Waals surface area contributed by atoms with Crippen LogP contribution in [-0.2, 0) is 9.59 Å². The molecule has 10 nitrogen and oxygen atoms in total. The zero-order valence-electron chi connectivity index (χ0n) is 23.6.